The summed E-state index contributed by atoms with van der Waals surface area (Å²) in [5.74, 6) is 0. The monoisotopic (exact) mass is 225 g/mol. The second-order valence-corrected chi connectivity index (χ2v) is 8.15. The zero-order chi connectivity index (χ0) is 8.69. The van der Waals surface area contributed by atoms with Crippen LogP contribution in [0.5, 0.6) is 0 Å². The molecule has 0 aliphatic heterocycles. The highest BCUT2D eigenvalue weighted by atomic mass is 35.8. The average molecular weight is 226 g/mol. The van der Waals surface area contributed by atoms with E-state index in [0.717, 1.165) is 5.69 Å². The molecule has 1 nitrogen and oxygen atoms in total. The molecule has 0 aliphatic carbocycles. The van der Waals surface area contributed by atoms with Crippen molar-refractivity contribution in [1.82, 2.24) is 4.98 Å². The number of nitrogens with zero attached hydrogens (tertiary/aromatic N) is 1. The highest BCUT2D eigenvalue weighted by Gasteiger charge is 2.00. The Labute approximate surface area is 83.3 Å². The van der Waals surface area contributed by atoms with Crippen LogP contribution in [0.15, 0.2) is 24.4 Å². The van der Waals surface area contributed by atoms with Gasteiger partial charge in [-0.15, -0.1) is 0 Å². The van der Waals surface area contributed by atoms with Gasteiger partial charge in [0.15, 0.2) is 0 Å². The number of hydrogen-bond donors (Lipinski definition) is 0. The van der Waals surface area contributed by atoms with E-state index in [4.69, 9.17) is 30.1 Å². The molecule has 0 saturated heterocycles. The minimum absolute atomic E-state index is 1.07. The number of aryl methyl sites for hydroxylation is 1. The van der Waals surface area contributed by atoms with Crippen molar-refractivity contribution in [2.45, 2.75) is 6.92 Å². The Bertz CT molecular complexity index is 178. The zero-order valence-corrected chi connectivity index (χ0v) is 9.39. The third-order valence-electron chi connectivity index (χ3n) is 0.813. The molecular weight excluding hydrogens is 219 g/mol. The Kier molecular flexibility index (Phi) is 7.58. The summed E-state index contributed by atoms with van der Waals surface area (Å²) in [6.45, 7) is 1.97. The van der Waals surface area contributed by atoms with Gasteiger partial charge in [0.05, 0.1) is 0 Å². The number of aromatic nitrogens is 1. The maximum atomic E-state index is 4.94. The van der Waals surface area contributed by atoms with Crippen LogP contribution in [-0.2, 0) is 0 Å². The summed E-state index contributed by atoms with van der Waals surface area (Å²) in [6.07, 6.45) is 1.79. The quantitative estimate of drug-likeness (QED) is 0.620. The summed E-state index contributed by atoms with van der Waals surface area (Å²) >= 11 is -1.72. The molecule has 0 saturated carbocycles. The summed E-state index contributed by atoms with van der Waals surface area (Å²) in [5.41, 5.74) is 1.07. The Morgan fingerprint density at radius 2 is 1.82 bits per heavy atom. The lowest BCUT2D eigenvalue weighted by Gasteiger charge is -1.82. The molecule has 1 heterocycles. The molecule has 1 aromatic heterocycles. The van der Waals surface area contributed by atoms with Crippen LogP contribution >= 0.6 is 30.1 Å². The van der Waals surface area contributed by atoms with Gasteiger partial charge < -0.3 is 0 Å². The van der Waals surface area contributed by atoms with Crippen molar-refractivity contribution in [2.24, 2.45) is 0 Å². The van der Waals surface area contributed by atoms with Gasteiger partial charge in [-0.1, -0.05) is 6.07 Å². The molecule has 0 fully saturated rings. The second-order valence-electron chi connectivity index (χ2n) is 1.72. The number of pyridine rings is 1. The van der Waals surface area contributed by atoms with Crippen LogP contribution in [0.3, 0.4) is 0 Å². The summed E-state index contributed by atoms with van der Waals surface area (Å²) in [6, 6.07) is 5.86. The second kappa shape index (κ2) is 7.21. The standard InChI is InChI=1S/C6H7N.Al.3ClH/c1-6-4-2-3-5-7-6;;;;/h2-5H,1H3;;3*1H/q;+3;;;/p-3. The molecule has 0 unspecified atom stereocenters. The SMILES string of the molecule is Cc1ccccn1.[Cl][Al]([Cl])[Cl]. The third-order valence-corrected chi connectivity index (χ3v) is 0.813. The van der Waals surface area contributed by atoms with Crippen molar-refractivity contribution in [2.75, 3.05) is 0 Å². The van der Waals surface area contributed by atoms with E-state index in [9.17, 15) is 0 Å². The smallest absolute Gasteiger partial charge is 0.262 e. The van der Waals surface area contributed by atoms with E-state index in [1.165, 1.54) is 0 Å². The first-order valence-electron chi connectivity index (χ1n) is 2.93. The summed E-state index contributed by atoms with van der Waals surface area (Å²) in [4.78, 5) is 3.98. The first-order valence-corrected chi connectivity index (χ1v) is 8.16. The molecule has 0 aliphatic rings. The fourth-order valence-electron chi connectivity index (χ4n) is 0.448. The lowest BCUT2D eigenvalue weighted by Crippen LogP contribution is -1.72. The van der Waals surface area contributed by atoms with Crippen molar-refractivity contribution in [3.8, 4) is 0 Å². The Balaban J connectivity index is 0.000000218. The van der Waals surface area contributed by atoms with E-state index in [2.05, 4.69) is 4.98 Å². The van der Waals surface area contributed by atoms with Crippen molar-refractivity contribution in [3.05, 3.63) is 30.1 Å². The Morgan fingerprint density at radius 1 is 1.27 bits per heavy atom. The maximum Gasteiger partial charge on any atom is 0.643 e. The van der Waals surface area contributed by atoms with E-state index < -0.39 is 11.4 Å². The van der Waals surface area contributed by atoms with Gasteiger partial charge in [0.2, 0.25) is 0 Å². The van der Waals surface area contributed by atoms with Crippen LogP contribution in [0.4, 0.5) is 0 Å². The molecule has 1 aromatic rings. The molecule has 5 heteroatoms. The molecule has 60 valence electrons. The van der Waals surface area contributed by atoms with Crippen LogP contribution < -0.4 is 0 Å². The van der Waals surface area contributed by atoms with Gasteiger partial charge in [0, 0.05) is 11.9 Å². The first-order chi connectivity index (χ1) is 5.13. The van der Waals surface area contributed by atoms with Gasteiger partial charge in [0.25, 0.3) is 0 Å². The largest absolute Gasteiger partial charge is 0.643 e. The van der Waals surface area contributed by atoms with Gasteiger partial charge >= 0.3 is 11.4 Å². The molecule has 0 spiro atoms. The lowest BCUT2D eigenvalue weighted by atomic mass is 10.4. The van der Waals surface area contributed by atoms with Crippen LogP contribution in [-0.4, -0.2) is 16.4 Å². The molecule has 0 atom stereocenters. The number of halogens is 3. The molecular formula is C6H7AlCl3N. The average Bonchev–Trinajstić information content (AvgIpc) is 1.87. The van der Waals surface area contributed by atoms with E-state index in [1.54, 1.807) is 6.20 Å². The van der Waals surface area contributed by atoms with Crippen molar-refractivity contribution >= 4 is 41.5 Å². The highest BCUT2D eigenvalue weighted by molar-refractivity contribution is 7.54. The minimum atomic E-state index is -1.72. The van der Waals surface area contributed by atoms with Crippen LogP contribution in [0.2, 0.25) is 0 Å². The van der Waals surface area contributed by atoms with E-state index in [-0.39, 0.29) is 0 Å². The molecule has 0 aromatic carbocycles. The van der Waals surface area contributed by atoms with Crippen molar-refractivity contribution in [1.29, 1.82) is 0 Å². The van der Waals surface area contributed by atoms with Gasteiger partial charge in [-0.05, 0) is 19.1 Å². The molecule has 0 bridgehead atoms. The van der Waals surface area contributed by atoms with Gasteiger partial charge in [0.1, 0.15) is 0 Å². The predicted molar refractivity (Wildman–Crippen MR) is 52.3 cm³/mol. The number of hydrogen-bond acceptors (Lipinski definition) is 1. The van der Waals surface area contributed by atoms with Crippen LogP contribution in [0.1, 0.15) is 5.69 Å². The van der Waals surface area contributed by atoms with Gasteiger partial charge in [-0.2, -0.15) is 0 Å². The van der Waals surface area contributed by atoms with Crippen molar-refractivity contribution in [3.63, 3.8) is 0 Å². The fraction of sp³-hybridized carbons (Fsp3) is 0.167. The molecule has 0 N–H and O–H groups in total. The summed E-state index contributed by atoms with van der Waals surface area (Å²) in [5, 5.41) is 0. The summed E-state index contributed by atoms with van der Waals surface area (Å²) in [7, 11) is 14.8. The maximum absolute atomic E-state index is 4.94. The molecule has 1 rings (SSSR count). The summed E-state index contributed by atoms with van der Waals surface area (Å²) < 4.78 is 0. The highest BCUT2D eigenvalue weighted by Crippen LogP contribution is 1.97. The molecule has 0 amide bonds. The van der Waals surface area contributed by atoms with Gasteiger partial charge in [-0.25, -0.2) is 30.1 Å². The molecule has 0 radical (unpaired) electrons. The lowest BCUT2D eigenvalue weighted by molar-refractivity contribution is 1.20. The topological polar surface area (TPSA) is 12.9 Å². The molecule has 11 heavy (non-hydrogen) atoms. The van der Waals surface area contributed by atoms with E-state index in [1.807, 2.05) is 25.1 Å². The minimum Gasteiger partial charge on any atom is -0.262 e. The predicted octanol–water partition coefficient (Wildman–Crippen LogP) is 3.08. The van der Waals surface area contributed by atoms with Crippen molar-refractivity contribution < 1.29 is 0 Å². The third kappa shape index (κ3) is 10.6. The van der Waals surface area contributed by atoms with E-state index in [0.29, 0.717) is 0 Å². The Hall–Kier alpha value is 0.552. The Morgan fingerprint density at radius 3 is 2.00 bits per heavy atom. The number of rotatable bonds is 0. The van der Waals surface area contributed by atoms with Gasteiger partial charge in [-0.3, -0.25) is 4.98 Å². The fourth-order valence-corrected chi connectivity index (χ4v) is 0.448. The zero-order valence-electron chi connectivity index (χ0n) is 5.97. The normalized spacial score (nSPS) is 8.00. The van der Waals surface area contributed by atoms with Crippen LogP contribution in [0, 0.1) is 6.92 Å². The van der Waals surface area contributed by atoms with E-state index >= 15 is 0 Å². The van der Waals surface area contributed by atoms with Crippen LogP contribution in [0.25, 0.3) is 0 Å². The first kappa shape index (κ1) is 11.6.